The molecule has 0 radical (unpaired) electrons. The van der Waals surface area contributed by atoms with Crippen LogP contribution in [0, 0.1) is 0 Å². The summed E-state index contributed by atoms with van der Waals surface area (Å²) >= 11 is 6.24. The molecule has 4 rings (SSSR count). The molecule has 1 aliphatic rings. The van der Waals surface area contributed by atoms with E-state index in [1.807, 2.05) is 54.6 Å². The molecule has 2 unspecified atom stereocenters. The predicted octanol–water partition coefficient (Wildman–Crippen LogP) is 5.59. The third-order valence-electron chi connectivity index (χ3n) is 4.67. The highest BCUT2D eigenvalue weighted by atomic mass is 35.5. The van der Waals surface area contributed by atoms with Crippen molar-refractivity contribution in [2.45, 2.75) is 12.3 Å². The number of rotatable bonds is 4. The Morgan fingerprint density at radius 1 is 0.852 bits per heavy atom. The first-order valence-corrected chi connectivity index (χ1v) is 9.05. The minimum Gasteiger partial charge on any atom is -0.493 e. The van der Waals surface area contributed by atoms with Gasteiger partial charge in [0.05, 0.1) is 14.2 Å². The van der Waals surface area contributed by atoms with Crippen molar-refractivity contribution in [1.29, 1.82) is 0 Å². The normalized spacial score (nSPS) is 18.3. The van der Waals surface area contributed by atoms with E-state index >= 15 is 0 Å². The third kappa shape index (κ3) is 3.46. The summed E-state index contributed by atoms with van der Waals surface area (Å²) in [7, 11) is 3.25. The fourth-order valence-electron chi connectivity index (χ4n) is 3.33. The molecule has 138 valence electrons. The molecular weight excluding hydrogens is 362 g/mol. The Bertz CT molecular complexity index is 946. The molecule has 5 heteroatoms. The molecule has 1 aliphatic heterocycles. The van der Waals surface area contributed by atoms with Crippen LogP contribution in [0.25, 0.3) is 0 Å². The van der Waals surface area contributed by atoms with E-state index in [2.05, 4.69) is 17.4 Å². The van der Waals surface area contributed by atoms with Gasteiger partial charge in [-0.1, -0.05) is 48.0 Å². The average molecular weight is 382 g/mol. The Morgan fingerprint density at radius 2 is 1.63 bits per heavy atom. The van der Waals surface area contributed by atoms with Crippen LogP contribution in [0.15, 0.2) is 66.7 Å². The molecule has 0 aromatic heterocycles. The largest absolute Gasteiger partial charge is 0.493 e. The Hall–Kier alpha value is -2.69. The number of halogens is 1. The summed E-state index contributed by atoms with van der Waals surface area (Å²) in [4.78, 5) is 0. The van der Waals surface area contributed by atoms with Gasteiger partial charge in [0.25, 0.3) is 0 Å². The maximum absolute atomic E-state index is 6.45. The van der Waals surface area contributed by atoms with E-state index in [0.29, 0.717) is 16.5 Å². The van der Waals surface area contributed by atoms with Gasteiger partial charge in [-0.2, -0.15) is 0 Å². The van der Waals surface area contributed by atoms with Gasteiger partial charge in [-0.15, -0.1) is 0 Å². The Morgan fingerprint density at radius 3 is 2.37 bits per heavy atom. The summed E-state index contributed by atoms with van der Waals surface area (Å²) in [6, 6.07) is 21.7. The molecule has 0 amide bonds. The van der Waals surface area contributed by atoms with Crippen molar-refractivity contribution in [2.75, 3.05) is 19.5 Å². The van der Waals surface area contributed by atoms with Crippen LogP contribution in [-0.2, 0) is 4.74 Å². The zero-order valence-electron chi connectivity index (χ0n) is 15.1. The Kier molecular flexibility index (Phi) is 4.92. The SMILES string of the molecule is COc1ccc(C2Nc3ccc(Cl)cc3C(c3ccccc3)O2)cc1OC. The van der Waals surface area contributed by atoms with Gasteiger partial charge in [0.15, 0.2) is 17.7 Å². The summed E-state index contributed by atoms with van der Waals surface area (Å²) in [6.07, 6.45) is -0.553. The number of fused-ring (bicyclic) bond motifs is 1. The van der Waals surface area contributed by atoms with E-state index in [9.17, 15) is 0 Å². The van der Waals surface area contributed by atoms with Crippen LogP contribution in [0.2, 0.25) is 5.02 Å². The topological polar surface area (TPSA) is 39.7 Å². The first kappa shape index (κ1) is 17.7. The highest BCUT2D eigenvalue weighted by molar-refractivity contribution is 6.30. The lowest BCUT2D eigenvalue weighted by Gasteiger charge is -2.34. The zero-order chi connectivity index (χ0) is 18.8. The number of benzene rings is 3. The van der Waals surface area contributed by atoms with Gasteiger partial charge in [-0.3, -0.25) is 0 Å². The average Bonchev–Trinajstić information content (AvgIpc) is 2.73. The first-order valence-electron chi connectivity index (χ1n) is 8.68. The van der Waals surface area contributed by atoms with Crippen molar-refractivity contribution < 1.29 is 14.2 Å². The van der Waals surface area contributed by atoms with Crippen molar-refractivity contribution in [3.8, 4) is 11.5 Å². The van der Waals surface area contributed by atoms with Crippen LogP contribution >= 0.6 is 11.6 Å². The molecular formula is C22H20ClNO3. The predicted molar refractivity (Wildman–Crippen MR) is 107 cm³/mol. The molecule has 0 aliphatic carbocycles. The van der Waals surface area contributed by atoms with Gasteiger partial charge < -0.3 is 19.5 Å². The summed E-state index contributed by atoms with van der Waals surface area (Å²) in [5.41, 5.74) is 4.05. The number of ether oxygens (including phenoxy) is 3. The molecule has 0 saturated carbocycles. The lowest BCUT2D eigenvalue weighted by Crippen LogP contribution is -2.25. The van der Waals surface area contributed by atoms with Crippen molar-refractivity contribution in [3.63, 3.8) is 0 Å². The second-order valence-electron chi connectivity index (χ2n) is 6.30. The molecule has 4 nitrogen and oxygen atoms in total. The quantitative estimate of drug-likeness (QED) is 0.639. The Balaban J connectivity index is 1.76. The van der Waals surface area contributed by atoms with Gasteiger partial charge in [0, 0.05) is 21.8 Å². The number of methoxy groups -OCH3 is 2. The van der Waals surface area contributed by atoms with Gasteiger partial charge >= 0.3 is 0 Å². The van der Waals surface area contributed by atoms with E-state index in [0.717, 1.165) is 22.4 Å². The molecule has 2 atom stereocenters. The fourth-order valence-corrected chi connectivity index (χ4v) is 3.51. The van der Waals surface area contributed by atoms with Crippen LogP contribution < -0.4 is 14.8 Å². The molecule has 0 bridgehead atoms. The molecule has 3 aromatic rings. The van der Waals surface area contributed by atoms with Crippen LogP contribution in [-0.4, -0.2) is 14.2 Å². The van der Waals surface area contributed by atoms with Crippen molar-refractivity contribution in [1.82, 2.24) is 0 Å². The fraction of sp³-hybridized carbons (Fsp3) is 0.182. The molecule has 1 heterocycles. The van der Waals surface area contributed by atoms with Gasteiger partial charge in [0.1, 0.15) is 6.10 Å². The highest BCUT2D eigenvalue weighted by Crippen LogP contribution is 2.43. The third-order valence-corrected chi connectivity index (χ3v) is 4.90. The molecule has 27 heavy (non-hydrogen) atoms. The van der Waals surface area contributed by atoms with E-state index < -0.39 is 0 Å². The van der Waals surface area contributed by atoms with Crippen molar-refractivity contribution >= 4 is 17.3 Å². The highest BCUT2D eigenvalue weighted by Gasteiger charge is 2.30. The van der Waals surface area contributed by atoms with E-state index in [1.54, 1.807) is 14.2 Å². The van der Waals surface area contributed by atoms with Crippen molar-refractivity contribution in [2.24, 2.45) is 0 Å². The molecule has 0 saturated heterocycles. The number of hydrogen-bond donors (Lipinski definition) is 1. The Labute approximate surface area is 163 Å². The van der Waals surface area contributed by atoms with E-state index in [1.165, 1.54) is 0 Å². The monoisotopic (exact) mass is 381 g/mol. The minimum absolute atomic E-state index is 0.223. The van der Waals surface area contributed by atoms with E-state index in [4.69, 9.17) is 25.8 Å². The summed E-state index contributed by atoms with van der Waals surface area (Å²) in [6.45, 7) is 0. The smallest absolute Gasteiger partial charge is 0.161 e. The number of hydrogen-bond acceptors (Lipinski definition) is 4. The summed E-state index contributed by atoms with van der Waals surface area (Å²) < 4.78 is 17.2. The molecule has 0 fully saturated rings. The maximum Gasteiger partial charge on any atom is 0.161 e. The number of anilines is 1. The lowest BCUT2D eigenvalue weighted by atomic mass is 9.97. The lowest BCUT2D eigenvalue weighted by molar-refractivity contribution is 0.0156. The van der Waals surface area contributed by atoms with Crippen LogP contribution in [0.5, 0.6) is 11.5 Å². The van der Waals surface area contributed by atoms with Crippen LogP contribution in [0.3, 0.4) is 0 Å². The van der Waals surface area contributed by atoms with Gasteiger partial charge in [0.2, 0.25) is 0 Å². The van der Waals surface area contributed by atoms with Crippen LogP contribution in [0.1, 0.15) is 29.0 Å². The van der Waals surface area contributed by atoms with Gasteiger partial charge in [-0.25, -0.2) is 0 Å². The zero-order valence-corrected chi connectivity index (χ0v) is 15.9. The first-order chi connectivity index (χ1) is 13.2. The molecule has 0 spiro atoms. The maximum atomic E-state index is 6.45. The second-order valence-corrected chi connectivity index (χ2v) is 6.73. The van der Waals surface area contributed by atoms with Gasteiger partial charge in [-0.05, 0) is 35.9 Å². The minimum atomic E-state index is -0.330. The second kappa shape index (κ2) is 7.51. The summed E-state index contributed by atoms with van der Waals surface area (Å²) in [5.74, 6) is 1.35. The molecule has 1 N–H and O–H groups in total. The standard InChI is InChI=1S/C22H20ClNO3/c1-25-19-11-8-15(12-20(19)26-2)22-24-18-10-9-16(23)13-17(18)21(27-22)14-6-4-3-5-7-14/h3-13,21-22,24H,1-2H3. The summed E-state index contributed by atoms with van der Waals surface area (Å²) in [5, 5.41) is 4.14. The van der Waals surface area contributed by atoms with Crippen molar-refractivity contribution in [3.05, 3.63) is 88.4 Å². The van der Waals surface area contributed by atoms with Crippen LogP contribution in [0.4, 0.5) is 5.69 Å². The van der Waals surface area contributed by atoms with E-state index in [-0.39, 0.29) is 12.3 Å². The molecule has 3 aromatic carbocycles. The number of nitrogens with one attached hydrogen (secondary N) is 1.